The van der Waals surface area contributed by atoms with Gasteiger partial charge in [0, 0.05) is 17.3 Å². The number of benzene rings is 2. The van der Waals surface area contributed by atoms with Gasteiger partial charge in [-0.15, -0.1) is 0 Å². The van der Waals surface area contributed by atoms with Crippen LogP contribution in [0.15, 0.2) is 53.1 Å². The van der Waals surface area contributed by atoms with Gasteiger partial charge in [0.25, 0.3) is 5.91 Å². The van der Waals surface area contributed by atoms with Crippen LogP contribution in [0, 0.1) is 0 Å². The van der Waals surface area contributed by atoms with Crippen LogP contribution in [0.4, 0.5) is 11.4 Å². The molecule has 0 unspecified atom stereocenters. The lowest BCUT2D eigenvalue weighted by Gasteiger charge is -2.19. The number of ether oxygens (including phenoxy) is 1. The Kier molecular flexibility index (Phi) is 3.81. The maximum absolute atomic E-state index is 11.3. The number of anilines is 2. The minimum atomic E-state index is -0.179. The molecule has 1 amide bonds. The number of carbonyl (C=O) groups is 1. The second-order valence-electron chi connectivity index (χ2n) is 5.74. The molecule has 0 fully saturated rings. The van der Waals surface area contributed by atoms with Crippen LogP contribution in [0.3, 0.4) is 0 Å². The first-order chi connectivity index (χ1) is 12.2. The number of nitrogens with one attached hydrogen (secondary N) is 2. The average molecular weight is 336 g/mol. The number of nitrogens with zero attached hydrogens (tertiary/aromatic N) is 2. The standard InChI is InChI=1S/C18H16N4O3/c1-11(18-21-17(22-25-18)12-5-3-2-4-6-12)19-13-7-8-14-15(9-13)24-10-16(23)20-14/h2-9,11,19H,10H2,1H3,(H,20,23)/t11-/m1/s1. The zero-order valence-corrected chi connectivity index (χ0v) is 13.5. The molecule has 126 valence electrons. The Balaban J connectivity index is 1.50. The van der Waals surface area contributed by atoms with E-state index in [0.717, 1.165) is 11.3 Å². The van der Waals surface area contributed by atoms with Crippen molar-refractivity contribution in [3.63, 3.8) is 0 Å². The molecular weight excluding hydrogens is 320 g/mol. The van der Waals surface area contributed by atoms with Gasteiger partial charge in [0.1, 0.15) is 11.8 Å². The molecule has 25 heavy (non-hydrogen) atoms. The zero-order valence-electron chi connectivity index (χ0n) is 13.5. The van der Waals surface area contributed by atoms with Crippen molar-refractivity contribution < 1.29 is 14.1 Å². The van der Waals surface area contributed by atoms with Gasteiger partial charge in [0.15, 0.2) is 6.61 Å². The lowest BCUT2D eigenvalue weighted by molar-refractivity contribution is -0.118. The van der Waals surface area contributed by atoms with Crippen LogP contribution in [-0.4, -0.2) is 22.7 Å². The third kappa shape index (κ3) is 3.16. The van der Waals surface area contributed by atoms with E-state index in [1.807, 2.05) is 49.4 Å². The highest BCUT2D eigenvalue weighted by atomic mass is 16.5. The Hall–Kier alpha value is -3.35. The predicted molar refractivity (Wildman–Crippen MR) is 92.3 cm³/mol. The lowest BCUT2D eigenvalue weighted by atomic mass is 10.2. The normalized spacial score (nSPS) is 14.2. The first kappa shape index (κ1) is 15.2. The summed E-state index contributed by atoms with van der Waals surface area (Å²) in [5.41, 5.74) is 2.41. The number of hydrogen-bond acceptors (Lipinski definition) is 6. The Morgan fingerprint density at radius 2 is 2.04 bits per heavy atom. The first-order valence-electron chi connectivity index (χ1n) is 7.91. The van der Waals surface area contributed by atoms with Crippen LogP contribution in [0.5, 0.6) is 5.75 Å². The van der Waals surface area contributed by atoms with Gasteiger partial charge in [-0.25, -0.2) is 0 Å². The topological polar surface area (TPSA) is 89.3 Å². The Bertz CT molecular complexity index is 908. The molecule has 2 N–H and O–H groups in total. The minimum absolute atomic E-state index is 0.0239. The van der Waals surface area contributed by atoms with Crippen molar-refractivity contribution in [2.75, 3.05) is 17.2 Å². The van der Waals surface area contributed by atoms with Crippen LogP contribution in [0.25, 0.3) is 11.4 Å². The van der Waals surface area contributed by atoms with E-state index in [0.29, 0.717) is 23.2 Å². The number of carbonyl (C=O) groups excluding carboxylic acids is 1. The molecule has 0 saturated heterocycles. The molecule has 1 aliphatic heterocycles. The van der Waals surface area contributed by atoms with Gasteiger partial charge in [-0.1, -0.05) is 35.5 Å². The second kappa shape index (κ2) is 6.27. The van der Waals surface area contributed by atoms with E-state index < -0.39 is 0 Å². The van der Waals surface area contributed by atoms with Crippen molar-refractivity contribution in [2.24, 2.45) is 0 Å². The molecule has 1 aromatic heterocycles. The van der Waals surface area contributed by atoms with Gasteiger partial charge in [0.2, 0.25) is 11.7 Å². The molecule has 0 saturated carbocycles. The average Bonchev–Trinajstić information content (AvgIpc) is 3.13. The van der Waals surface area contributed by atoms with E-state index >= 15 is 0 Å². The van der Waals surface area contributed by atoms with Crippen LogP contribution in [0.1, 0.15) is 18.9 Å². The van der Waals surface area contributed by atoms with Gasteiger partial charge >= 0.3 is 0 Å². The highest BCUT2D eigenvalue weighted by Crippen LogP contribution is 2.32. The van der Waals surface area contributed by atoms with Gasteiger partial charge in [-0.2, -0.15) is 4.98 Å². The fourth-order valence-corrected chi connectivity index (χ4v) is 2.59. The lowest BCUT2D eigenvalue weighted by Crippen LogP contribution is -2.25. The molecule has 0 radical (unpaired) electrons. The molecule has 0 aliphatic carbocycles. The van der Waals surface area contributed by atoms with Gasteiger partial charge < -0.3 is 19.9 Å². The van der Waals surface area contributed by atoms with Crippen LogP contribution in [-0.2, 0) is 4.79 Å². The Labute approximate surface area is 144 Å². The third-order valence-corrected chi connectivity index (χ3v) is 3.84. The third-order valence-electron chi connectivity index (χ3n) is 3.84. The molecule has 1 aliphatic rings. The monoisotopic (exact) mass is 336 g/mol. The predicted octanol–water partition coefficient (Wildman–Crippen LogP) is 3.24. The first-order valence-corrected chi connectivity index (χ1v) is 7.91. The fraction of sp³-hybridized carbons (Fsp3) is 0.167. The number of fused-ring (bicyclic) bond motifs is 1. The summed E-state index contributed by atoms with van der Waals surface area (Å²) >= 11 is 0. The largest absolute Gasteiger partial charge is 0.482 e. The summed E-state index contributed by atoms with van der Waals surface area (Å²) in [5.74, 6) is 1.53. The van der Waals surface area contributed by atoms with Crippen LogP contribution in [0.2, 0.25) is 0 Å². The van der Waals surface area contributed by atoms with E-state index in [-0.39, 0.29) is 18.6 Å². The van der Waals surface area contributed by atoms with E-state index in [2.05, 4.69) is 20.8 Å². The quantitative estimate of drug-likeness (QED) is 0.760. The van der Waals surface area contributed by atoms with Gasteiger partial charge in [-0.3, -0.25) is 4.79 Å². The summed E-state index contributed by atoms with van der Waals surface area (Å²) in [6, 6.07) is 15.0. The Morgan fingerprint density at radius 3 is 2.88 bits per heavy atom. The summed E-state index contributed by atoms with van der Waals surface area (Å²) in [6.45, 7) is 1.96. The van der Waals surface area contributed by atoms with E-state index in [4.69, 9.17) is 9.26 Å². The van der Waals surface area contributed by atoms with Crippen molar-refractivity contribution in [1.82, 2.24) is 10.1 Å². The highest BCUT2D eigenvalue weighted by molar-refractivity contribution is 5.95. The minimum Gasteiger partial charge on any atom is -0.482 e. The van der Waals surface area contributed by atoms with Crippen molar-refractivity contribution in [3.05, 3.63) is 54.4 Å². The maximum Gasteiger partial charge on any atom is 0.262 e. The smallest absolute Gasteiger partial charge is 0.262 e. The van der Waals surface area contributed by atoms with Crippen molar-refractivity contribution >= 4 is 17.3 Å². The Morgan fingerprint density at radius 1 is 1.20 bits per heavy atom. The SMILES string of the molecule is C[C@@H](Nc1ccc2c(c1)OCC(=O)N2)c1nc(-c2ccccc2)no1. The molecule has 0 bridgehead atoms. The number of hydrogen-bond donors (Lipinski definition) is 2. The summed E-state index contributed by atoms with van der Waals surface area (Å²) in [6.07, 6.45) is 0. The number of rotatable bonds is 4. The molecule has 3 aromatic rings. The molecule has 4 rings (SSSR count). The maximum atomic E-state index is 11.3. The molecule has 1 atom stereocenters. The molecule has 7 nitrogen and oxygen atoms in total. The second-order valence-corrected chi connectivity index (χ2v) is 5.74. The molecule has 0 spiro atoms. The number of aromatic nitrogens is 2. The summed E-state index contributed by atoms with van der Waals surface area (Å²) in [7, 11) is 0. The highest BCUT2D eigenvalue weighted by Gasteiger charge is 2.18. The van der Waals surface area contributed by atoms with E-state index in [1.54, 1.807) is 6.07 Å². The number of amides is 1. The molecule has 2 aromatic carbocycles. The van der Waals surface area contributed by atoms with Crippen molar-refractivity contribution in [1.29, 1.82) is 0 Å². The van der Waals surface area contributed by atoms with Crippen molar-refractivity contribution in [2.45, 2.75) is 13.0 Å². The van der Waals surface area contributed by atoms with Gasteiger partial charge in [0.05, 0.1) is 5.69 Å². The molecule has 2 heterocycles. The summed E-state index contributed by atoms with van der Waals surface area (Å²) < 4.78 is 10.8. The summed E-state index contributed by atoms with van der Waals surface area (Å²) in [5, 5.41) is 10.1. The zero-order chi connectivity index (χ0) is 17.2. The molecule has 7 heteroatoms. The van der Waals surface area contributed by atoms with E-state index in [9.17, 15) is 4.79 Å². The van der Waals surface area contributed by atoms with Crippen LogP contribution < -0.4 is 15.4 Å². The van der Waals surface area contributed by atoms with Gasteiger partial charge in [-0.05, 0) is 19.1 Å². The van der Waals surface area contributed by atoms with Crippen molar-refractivity contribution in [3.8, 4) is 17.1 Å². The van der Waals surface area contributed by atoms with E-state index in [1.165, 1.54) is 0 Å². The molecular formula is C18H16N4O3. The fourth-order valence-electron chi connectivity index (χ4n) is 2.59. The summed E-state index contributed by atoms with van der Waals surface area (Å²) in [4.78, 5) is 15.8. The van der Waals surface area contributed by atoms with Crippen LogP contribution >= 0.6 is 0 Å².